The highest BCUT2D eigenvalue weighted by atomic mass is 19.1. The van der Waals surface area contributed by atoms with Gasteiger partial charge in [-0.1, -0.05) is 12.1 Å². The third-order valence-corrected chi connectivity index (χ3v) is 3.10. The number of carbonyl (C=O) groups is 2. The van der Waals surface area contributed by atoms with Gasteiger partial charge in [-0.05, 0) is 26.0 Å². The van der Waals surface area contributed by atoms with Crippen molar-refractivity contribution in [2.45, 2.75) is 13.8 Å². The molecule has 5 nitrogen and oxygen atoms in total. The average molecular weight is 296 g/mol. The molecule has 0 saturated heterocycles. The zero-order valence-electron chi connectivity index (χ0n) is 12.6. The molecule has 21 heavy (non-hydrogen) atoms. The molecule has 0 aromatic heterocycles. The first-order valence-corrected chi connectivity index (χ1v) is 6.88. The number of para-hydroxylation sites is 1. The van der Waals surface area contributed by atoms with Crippen LogP contribution < -0.4 is 4.74 Å². The molecule has 0 fully saturated rings. The minimum Gasteiger partial charge on any atom is -0.481 e. The number of likely N-dealkylation sites (N-methyl/N-ethyl adjacent to an activating group) is 2. The standard InChI is InChI=1S/C15H21FN2O3/c1-4-18(5-2)14(19)10-17(3)15(20)11-21-13-9-7-6-8-12(13)16/h6-9H,4-5,10-11H2,1-3H3. The number of nitrogens with zero attached hydrogens (tertiary/aromatic N) is 2. The molecule has 0 spiro atoms. The van der Waals surface area contributed by atoms with Crippen LogP contribution in [0.25, 0.3) is 0 Å². The molecule has 1 rings (SSSR count). The highest BCUT2D eigenvalue weighted by molar-refractivity contribution is 5.85. The zero-order valence-corrected chi connectivity index (χ0v) is 12.6. The summed E-state index contributed by atoms with van der Waals surface area (Å²) in [6, 6.07) is 5.87. The summed E-state index contributed by atoms with van der Waals surface area (Å²) in [7, 11) is 1.52. The van der Waals surface area contributed by atoms with Crippen molar-refractivity contribution in [2.75, 3.05) is 33.3 Å². The van der Waals surface area contributed by atoms with Gasteiger partial charge >= 0.3 is 0 Å². The quantitative estimate of drug-likeness (QED) is 0.767. The van der Waals surface area contributed by atoms with Gasteiger partial charge in [0.2, 0.25) is 5.91 Å². The Kier molecular flexibility index (Phi) is 6.65. The molecule has 0 N–H and O–H groups in total. The third kappa shape index (κ3) is 5.06. The molecule has 0 aliphatic rings. The van der Waals surface area contributed by atoms with Gasteiger partial charge in [0.05, 0.1) is 6.54 Å². The summed E-state index contributed by atoms with van der Waals surface area (Å²) in [5.41, 5.74) is 0. The van der Waals surface area contributed by atoms with Gasteiger partial charge in [-0.15, -0.1) is 0 Å². The Hall–Kier alpha value is -2.11. The van der Waals surface area contributed by atoms with Crippen molar-refractivity contribution < 1.29 is 18.7 Å². The van der Waals surface area contributed by atoms with Crippen molar-refractivity contribution in [1.29, 1.82) is 0 Å². The fourth-order valence-corrected chi connectivity index (χ4v) is 1.78. The van der Waals surface area contributed by atoms with Crippen LogP contribution in [0.2, 0.25) is 0 Å². The molecule has 0 heterocycles. The highest BCUT2D eigenvalue weighted by Gasteiger charge is 2.17. The zero-order chi connectivity index (χ0) is 15.8. The smallest absolute Gasteiger partial charge is 0.260 e. The molecular formula is C15H21FN2O3. The summed E-state index contributed by atoms with van der Waals surface area (Å²) in [6.07, 6.45) is 0. The second-order valence-corrected chi connectivity index (χ2v) is 4.53. The minimum atomic E-state index is -0.521. The van der Waals surface area contributed by atoms with Gasteiger partial charge in [-0.25, -0.2) is 4.39 Å². The number of hydrogen-bond donors (Lipinski definition) is 0. The molecule has 0 aliphatic carbocycles. The summed E-state index contributed by atoms with van der Waals surface area (Å²) >= 11 is 0. The lowest BCUT2D eigenvalue weighted by Crippen LogP contribution is -2.42. The lowest BCUT2D eigenvalue weighted by atomic mass is 10.3. The van der Waals surface area contributed by atoms with E-state index in [1.807, 2.05) is 13.8 Å². The van der Waals surface area contributed by atoms with Gasteiger partial charge < -0.3 is 14.5 Å². The van der Waals surface area contributed by atoms with Gasteiger partial charge in [0, 0.05) is 20.1 Å². The first-order valence-electron chi connectivity index (χ1n) is 6.88. The average Bonchev–Trinajstić information content (AvgIpc) is 2.47. The van der Waals surface area contributed by atoms with Gasteiger partial charge in [-0.2, -0.15) is 0 Å². The predicted molar refractivity (Wildman–Crippen MR) is 77.5 cm³/mol. The molecule has 1 aromatic carbocycles. The van der Waals surface area contributed by atoms with Crippen LogP contribution in [0, 0.1) is 5.82 Å². The lowest BCUT2D eigenvalue weighted by Gasteiger charge is -2.23. The fraction of sp³-hybridized carbons (Fsp3) is 0.467. The molecule has 0 radical (unpaired) electrons. The Morgan fingerprint density at radius 2 is 1.76 bits per heavy atom. The van der Waals surface area contributed by atoms with Crippen LogP contribution in [0.3, 0.4) is 0 Å². The van der Waals surface area contributed by atoms with Gasteiger partial charge in [0.15, 0.2) is 18.2 Å². The fourth-order valence-electron chi connectivity index (χ4n) is 1.78. The summed E-state index contributed by atoms with van der Waals surface area (Å²) in [4.78, 5) is 26.7. The van der Waals surface area contributed by atoms with E-state index in [2.05, 4.69) is 0 Å². The van der Waals surface area contributed by atoms with E-state index < -0.39 is 5.82 Å². The van der Waals surface area contributed by atoms with E-state index in [4.69, 9.17) is 4.74 Å². The van der Waals surface area contributed by atoms with Gasteiger partial charge in [0.25, 0.3) is 5.91 Å². The van der Waals surface area contributed by atoms with Crippen molar-refractivity contribution >= 4 is 11.8 Å². The van der Waals surface area contributed by atoms with E-state index in [1.54, 1.807) is 17.0 Å². The number of ether oxygens (including phenoxy) is 1. The summed E-state index contributed by atoms with van der Waals surface area (Å²) in [5, 5.41) is 0. The third-order valence-electron chi connectivity index (χ3n) is 3.10. The van der Waals surface area contributed by atoms with Gasteiger partial charge in [-0.3, -0.25) is 9.59 Å². The maximum atomic E-state index is 13.3. The van der Waals surface area contributed by atoms with Crippen LogP contribution in [0.1, 0.15) is 13.8 Å². The van der Waals surface area contributed by atoms with E-state index in [0.717, 1.165) is 0 Å². The Morgan fingerprint density at radius 3 is 2.33 bits per heavy atom. The van der Waals surface area contributed by atoms with E-state index in [9.17, 15) is 14.0 Å². The van der Waals surface area contributed by atoms with Crippen LogP contribution in [-0.4, -0.2) is 54.9 Å². The van der Waals surface area contributed by atoms with Crippen LogP contribution >= 0.6 is 0 Å². The summed E-state index contributed by atoms with van der Waals surface area (Å²) in [5.74, 6) is -0.998. The minimum absolute atomic E-state index is 0.0128. The molecule has 116 valence electrons. The normalized spacial score (nSPS) is 10.1. The first-order chi connectivity index (χ1) is 9.99. The lowest BCUT2D eigenvalue weighted by molar-refractivity contribution is -0.140. The largest absolute Gasteiger partial charge is 0.481 e. The number of carbonyl (C=O) groups excluding carboxylic acids is 2. The first kappa shape index (κ1) is 16.9. The van der Waals surface area contributed by atoms with Crippen molar-refractivity contribution in [3.63, 3.8) is 0 Å². The Balaban J connectivity index is 2.48. The van der Waals surface area contributed by atoms with E-state index in [1.165, 1.54) is 24.1 Å². The highest BCUT2D eigenvalue weighted by Crippen LogP contribution is 2.15. The second-order valence-electron chi connectivity index (χ2n) is 4.53. The summed E-state index contributed by atoms with van der Waals surface area (Å²) in [6.45, 7) is 4.64. The Labute approximate surface area is 124 Å². The molecule has 1 aromatic rings. The molecular weight excluding hydrogens is 275 g/mol. The van der Waals surface area contributed by atoms with E-state index in [0.29, 0.717) is 13.1 Å². The molecule has 0 saturated carbocycles. The van der Waals surface area contributed by atoms with Crippen molar-refractivity contribution in [1.82, 2.24) is 9.80 Å². The summed E-state index contributed by atoms with van der Waals surface area (Å²) < 4.78 is 18.5. The van der Waals surface area contributed by atoms with Crippen LogP contribution in [0.15, 0.2) is 24.3 Å². The molecule has 0 bridgehead atoms. The monoisotopic (exact) mass is 296 g/mol. The number of rotatable bonds is 7. The second kappa shape index (κ2) is 8.24. The van der Waals surface area contributed by atoms with Crippen molar-refractivity contribution in [3.05, 3.63) is 30.1 Å². The number of amides is 2. The molecule has 0 unspecified atom stereocenters. The SMILES string of the molecule is CCN(CC)C(=O)CN(C)C(=O)COc1ccccc1F. The molecule has 2 amide bonds. The topological polar surface area (TPSA) is 49.9 Å². The Bertz CT molecular complexity index is 490. The Morgan fingerprint density at radius 1 is 1.14 bits per heavy atom. The van der Waals surface area contributed by atoms with Crippen LogP contribution in [0.4, 0.5) is 4.39 Å². The van der Waals surface area contributed by atoms with E-state index in [-0.39, 0.29) is 30.7 Å². The number of hydrogen-bond acceptors (Lipinski definition) is 3. The van der Waals surface area contributed by atoms with Gasteiger partial charge in [0.1, 0.15) is 0 Å². The van der Waals surface area contributed by atoms with E-state index >= 15 is 0 Å². The van der Waals surface area contributed by atoms with Crippen LogP contribution in [-0.2, 0) is 9.59 Å². The molecule has 0 aliphatic heterocycles. The number of halogens is 1. The number of benzene rings is 1. The molecule has 6 heteroatoms. The molecule has 0 atom stereocenters. The predicted octanol–water partition coefficient (Wildman–Crippen LogP) is 1.53. The maximum absolute atomic E-state index is 13.3. The van der Waals surface area contributed by atoms with Crippen LogP contribution in [0.5, 0.6) is 5.75 Å². The van der Waals surface area contributed by atoms with Crippen molar-refractivity contribution in [3.8, 4) is 5.75 Å². The van der Waals surface area contributed by atoms with Crippen molar-refractivity contribution in [2.24, 2.45) is 0 Å². The maximum Gasteiger partial charge on any atom is 0.260 e.